The second kappa shape index (κ2) is 5.37. The van der Waals surface area contributed by atoms with Gasteiger partial charge in [0.15, 0.2) is 0 Å². The van der Waals surface area contributed by atoms with Crippen molar-refractivity contribution in [2.24, 2.45) is 5.92 Å². The number of pyridine rings is 1. The molecule has 2 aromatic rings. The second-order valence-electron chi connectivity index (χ2n) is 6.02. The van der Waals surface area contributed by atoms with E-state index in [9.17, 15) is 5.11 Å². The lowest BCUT2D eigenvalue weighted by Gasteiger charge is -2.35. The highest BCUT2D eigenvalue weighted by Crippen LogP contribution is 2.33. The first-order chi connectivity index (χ1) is 9.66. The Labute approximate surface area is 119 Å². The molecular formula is C16H21N3O. The molecule has 1 aliphatic rings. The monoisotopic (exact) mass is 271 g/mol. The summed E-state index contributed by atoms with van der Waals surface area (Å²) in [4.78, 5) is 4.04. The van der Waals surface area contributed by atoms with Crippen LogP contribution in [0, 0.1) is 5.92 Å². The minimum Gasteiger partial charge on any atom is -0.388 e. The first-order valence-corrected chi connectivity index (χ1v) is 7.31. The van der Waals surface area contributed by atoms with Gasteiger partial charge in [0, 0.05) is 24.2 Å². The van der Waals surface area contributed by atoms with Crippen LogP contribution in [-0.2, 0) is 6.54 Å². The summed E-state index contributed by atoms with van der Waals surface area (Å²) in [6.45, 7) is 2.83. The normalized spacial score (nSPS) is 26.6. The first kappa shape index (κ1) is 13.3. The van der Waals surface area contributed by atoms with Crippen LogP contribution in [-0.4, -0.2) is 25.5 Å². The highest BCUT2D eigenvalue weighted by Gasteiger charge is 2.32. The fraction of sp³-hybridized carbons (Fsp3) is 0.500. The molecule has 0 saturated heterocycles. The molecule has 0 aromatic carbocycles. The fourth-order valence-electron chi connectivity index (χ4n) is 2.96. The van der Waals surface area contributed by atoms with Gasteiger partial charge in [-0.05, 0) is 49.8 Å². The van der Waals surface area contributed by atoms with Gasteiger partial charge in [0.1, 0.15) is 0 Å². The van der Waals surface area contributed by atoms with Crippen LogP contribution < -0.4 is 0 Å². The van der Waals surface area contributed by atoms with Crippen molar-refractivity contribution in [2.75, 3.05) is 0 Å². The Kier molecular flexibility index (Phi) is 3.57. The van der Waals surface area contributed by atoms with Gasteiger partial charge in [-0.3, -0.25) is 9.67 Å². The van der Waals surface area contributed by atoms with Crippen molar-refractivity contribution in [1.29, 1.82) is 0 Å². The van der Waals surface area contributed by atoms with E-state index >= 15 is 0 Å². The van der Waals surface area contributed by atoms with Crippen LogP contribution in [0.1, 0.15) is 32.6 Å². The fourth-order valence-corrected chi connectivity index (χ4v) is 2.96. The molecule has 1 N–H and O–H groups in total. The van der Waals surface area contributed by atoms with Gasteiger partial charge in [0.25, 0.3) is 0 Å². The quantitative estimate of drug-likeness (QED) is 0.934. The molecule has 2 heterocycles. The maximum Gasteiger partial charge on any atom is 0.0843 e. The van der Waals surface area contributed by atoms with Gasteiger partial charge in [0.2, 0.25) is 0 Å². The molecule has 1 fully saturated rings. The smallest absolute Gasteiger partial charge is 0.0843 e. The van der Waals surface area contributed by atoms with E-state index in [1.165, 1.54) is 0 Å². The molecule has 0 amide bonds. The molecule has 2 aromatic heterocycles. The highest BCUT2D eigenvalue weighted by molar-refractivity contribution is 5.58. The molecule has 0 aliphatic heterocycles. The second-order valence-corrected chi connectivity index (χ2v) is 6.02. The number of hydrogen-bond acceptors (Lipinski definition) is 3. The van der Waals surface area contributed by atoms with Gasteiger partial charge in [-0.2, -0.15) is 5.10 Å². The maximum absolute atomic E-state index is 10.8. The van der Waals surface area contributed by atoms with E-state index in [1.54, 1.807) is 18.6 Å². The zero-order valence-corrected chi connectivity index (χ0v) is 11.9. The van der Waals surface area contributed by atoms with Gasteiger partial charge in [-0.25, -0.2) is 0 Å². The Hall–Kier alpha value is -1.68. The lowest BCUT2D eigenvalue weighted by molar-refractivity contribution is -0.0239. The van der Waals surface area contributed by atoms with Crippen molar-refractivity contribution >= 4 is 0 Å². The molecule has 0 bridgehead atoms. The molecule has 1 saturated carbocycles. The van der Waals surface area contributed by atoms with E-state index in [0.29, 0.717) is 6.54 Å². The van der Waals surface area contributed by atoms with Crippen molar-refractivity contribution in [1.82, 2.24) is 14.8 Å². The Bertz CT molecular complexity index is 556. The van der Waals surface area contributed by atoms with Gasteiger partial charge < -0.3 is 5.11 Å². The van der Waals surface area contributed by atoms with Crippen LogP contribution >= 0.6 is 0 Å². The molecule has 0 radical (unpaired) electrons. The summed E-state index contributed by atoms with van der Waals surface area (Å²) in [6, 6.07) is 5.94. The summed E-state index contributed by atoms with van der Waals surface area (Å²) in [5, 5.41) is 15.1. The molecular weight excluding hydrogens is 250 g/mol. The van der Waals surface area contributed by atoms with Crippen LogP contribution in [0.5, 0.6) is 0 Å². The topological polar surface area (TPSA) is 50.9 Å². The van der Waals surface area contributed by atoms with Gasteiger partial charge in [-0.15, -0.1) is 0 Å². The van der Waals surface area contributed by atoms with Crippen LogP contribution in [0.25, 0.3) is 11.3 Å². The molecule has 106 valence electrons. The van der Waals surface area contributed by atoms with E-state index in [-0.39, 0.29) is 0 Å². The molecule has 3 rings (SSSR count). The molecule has 20 heavy (non-hydrogen) atoms. The lowest BCUT2D eigenvalue weighted by atomic mass is 9.79. The number of aromatic nitrogens is 3. The van der Waals surface area contributed by atoms with Crippen molar-refractivity contribution in [3.05, 3.63) is 36.8 Å². The molecule has 0 unspecified atom stereocenters. The summed E-state index contributed by atoms with van der Waals surface area (Å²) < 4.78 is 1.92. The minimum atomic E-state index is -0.611. The summed E-state index contributed by atoms with van der Waals surface area (Å²) in [7, 11) is 0. The van der Waals surface area contributed by atoms with E-state index in [0.717, 1.165) is 42.9 Å². The largest absolute Gasteiger partial charge is 0.388 e. The van der Waals surface area contributed by atoms with Crippen LogP contribution in [0.15, 0.2) is 36.8 Å². The van der Waals surface area contributed by atoms with Crippen molar-refractivity contribution in [3.63, 3.8) is 0 Å². The number of hydrogen-bond donors (Lipinski definition) is 1. The van der Waals surface area contributed by atoms with Gasteiger partial charge in [-0.1, -0.05) is 6.92 Å². The third-order valence-electron chi connectivity index (χ3n) is 4.34. The first-order valence-electron chi connectivity index (χ1n) is 7.31. The molecule has 4 heteroatoms. The van der Waals surface area contributed by atoms with E-state index in [4.69, 9.17) is 0 Å². The zero-order chi connectivity index (χ0) is 14.0. The van der Waals surface area contributed by atoms with Crippen LogP contribution in [0.4, 0.5) is 0 Å². The average Bonchev–Trinajstić information content (AvgIpc) is 2.91. The summed E-state index contributed by atoms with van der Waals surface area (Å²) >= 11 is 0. The van der Waals surface area contributed by atoms with E-state index in [2.05, 4.69) is 17.0 Å². The number of rotatable bonds is 3. The highest BCUT2D eigenvalue weighted by atomic mass is 16.3. The van der Waals surface area contributed by atoms with Gasteiger partial charge in [0.05, 0.1) is 17.8 Å². The minimum absolute atomic E-state index is 0.574. The van der Waals surface area contributed by atoms with Crippen molar-refractivity contribution in [3.8, 4) is 11.3 Å². The molecule has 0 atom stereocenters. The summed E-state index contributed by atoms with van der Waals surface area (Å²) in [5.74, 6) is 0.729. The average molecular weight is 271 g/mol. The number of aliphatic hydroxyl groups is 1. The van der Waals surface area contributed by atoms with Crippen LogP contribution in [0.3, 0.4) is 0 Å². The standard InChI is InChI=1S/C16H21N3O/c1-13-2-7-16(20,8-3-13)12-19-15(6-11-18-19)14-4-9-17-10-5-14/h4-6,9-11,13,20H,2-3,7-8,12H2,1H3. The third-order valence-corrected chi connectivity index (χ3v) is 4.34. The molecule has 1 aliphatic carbocycles. The molecule has 0 spiro atoms. The van der Waals surface area contributed by atoms with Crippen molar-refractivity contribution in [2.45, 2.75) is 44.8 Å². The van der Waals surface area contributed by atoms with E-state index < -0.39 is 5.60 Å². The Balaban J connectivity index is 1.81. The summed E-state index contributed by atoms with van der Waals surface area (Å²) in [5.41, 5.74) is 1.52. The van der Waals surface area contributed by atoms with E-state index in [1.807, 2.05) is 22.9 Å². The Morgan fingerprint density at radius 2 is 1.90 bits per heavy atom. The van der Waals surface area contributed by atoms with Crippen LogP contribution in [0.2, 0.25) is 0 Å². The zero-order valence-electron chi connectivity index (χ0n) is 11.9. The lowest BCUT2D eigenvalue weighted by Crippen LogP contribution is -2.38. The Morgan fingerprint density at radius 3 is 2.60 bits per heavy atom. The number of nitrogens with zero attached hydrogens (tertiary/aromatic N) is 3. The molecule has 4 nitrogen and oxygen atoms in total. The predicted octanol–water partition coefficient (Wildman–Crippen LogP) is 2.89. The van der Waals surface area contributed by atoms with Crippen molar-refractivity contribution < 1.29 is 5.11 Å². The Morgan fingerprint density at radius 1 is 1.20 bits per heavy atom. The third kappa shape index (κ3) is 2.75. The SMILES string of the molecule is CC1CCC(O)(Cn2nccc2-c2ccncc2)CC1. The predicted molar refractivity (Wildman–Crippen MR) is 78.0 cm³/mol. The summed E-state index contributed by atoms with van der Waals surface area (Å²) in [6.07, 6.45) is 9.29. The van der Waals surface area contributed by atoms with Gasteiger partial charge >= 0.3 is 0 Å². The maximum atomic E-state index is 10.8.